The van der Waals surface area contributed by atoms with E-state index in [9.17, 15) is 0 Å². The number of nitrogens with one attached hydrogen (secondary N) is 1. The van der Waals surface area contributed by atoms with Crippen molar-refractivity contribution in [3.8, 4) is 0 Å². The van der Waals surface area contributed by atoms with Crippen LogP contribution in [0.3, 0.4) is 0 Å². The summed E-state index contributed by atoms with van der Waals surface area (Å²) in [6.07, 6.45) is 4.70. The number of benzene rings is 1. The van der Waals surface area contributed by atoms with Crippen LogP contribution < -0.4 is 5.32 Å². The largest absolute Gasteiger partial charge is 0.317 e. The summed E-state index contributed by atoms with van der Waals surface area (Å²) >= 11 is 5.42. The summed E-state index contributed by atoms with van der Waals surface area (Å²) in [4.78, 5) is 1.44. The van der Waals surface area contributed by atoms with Crippen LogP contribution in [0.4, 0.5) is 0 Å². The van der Waals surface area contributed by atoms with E-state index in [1.54, 1.807) is 0 Å². The van der Waals surface area contributed by atoms with Gasteiger partial charge in [0.1, 0.15) is 0 Å². The van der Waals surface area contributed by atoms with Crippen molar-refractivity contribution in [2.45, 2.75) is 23.7 Å². The van der Waals surface area contributed by atoms with Crippen molar-refractivity contribution in [3.63, 3.8) is 0 Å². The second kappa shape index (κ2) is 5.37. The Bertz CT molecular complexity index is 334. The van der Waals surface area contributed by atoms with Crippen LogP contribution in [0.15, 0.2) is 27.6 Å². The van der Waals surface area contributed by atoms with E-state index in [4.69, 9.17) is 0 Å². The van der Waals surface area contributed by atoms with Crippen molar-refractivity contribution in [3.05, 3.63) is 28.2 Å². The van der Waals surface area contributed by atoms with E-state index in [-0.39, 0.29) is 0 Å². The van der Waals surface area contributed by atoms with Gasteiger partial charge in [-0.15, -0.1) is 11.8 Å². The van der Waals surface area contributed by atoms with E-state index in [0.29, 0.717) is 0 Å². The molecule has 3 heteroatoms. The molecule has 1 aliphatic heterocycles. The minimum Gasteiger partial charge on any atom is -0.317 e. The number of piperidine rings is 1. The molecule has 0 atom stereocenters. The highest BCUT2D eigenvalue weighted by Crippen LogP contribution is 2.34. The molecule has 0 saturated carbocycles. The Morgan fingerprint density at radius 3 is 2.73 bits per heavy atom. The SMILES string of the molecule is CSc1ccc(Br)cc1C1CCNCC1. The highest BCUT2D eigenvalue weighted by atomic mass is 79.9. The van der Waals surface area contributed by atoms with Crippen molar-refractivity contribution in [1.29, 1.82) is 0 Å². The topological polar surface area (TPSA) is 12.0 Å². The van der Waals surface area contributed by atoms with Crippen LogP contribution in [0.2, 0.25) is 0 Å². The van der Waals surface area contributed by atoms with Gasteiger partial charge in [0.15, 0.2) is 0 Å². The van der Waals surface area contributed by atoms with E-state index in [2.05, 4.69) is 45.7 Å². The molecule has 0 spiro atoms. The van der Waals surface area contributed by atoms with Gasteiger partial charge in [0.05, 0.1) is 0 Å². The van der Waals surface area contributed by atoms with E-state index in [0.717, 1.165) is 19.0 Å². The minimum absolute atomic E-state index is 0.742. The molecule has 1 aliphatic rings. The molecular weight excluding hydrogens is 270 g/mol. The standard InChI is InChI=1S/C12H16BrNS/c1-15-12-3-2-10(13)8-11(12)9-4-6-14-7-5-9/h2-3,8-9,14H,4-7H2,1H3. The predicted molar refractivity (Wildman–Crippen MR) is 70.8 cm³/mol. The van der Waals surface area contributed by atoms with Gasteiger partial charge in [-0.1, -0.05) is 15.9 Å². The minimum atomic E-state index is 0.742. The Labute approximate surface area is 104 Å². The fourth-order valence-electron chi connectivity index (χ4n) is 2.16. The Kier molecular flexibility index (Phi) is 4.12. The first-order valence-electron chi connectivity index (χ1n) is 5.35. The smallest absolute Gasteiger partial charge is 0.0178 e. The summed E-state index contributed by atoms with van der Waals surface area (Å²) in [6.45, 7) is 2.32. The van der Waals surface area contributed by atoms with Gasteiger partial charge in [0.25, 0.3) is 0 Å². The van der Waals surface area contributed by atoms with Crippen LogP contribution in [0.5, 0.6) is 0 Å². The molecule has 0 bridgehead atoms. The van der Waals surface area contributed by atoms with Gasteiger partial charge in [-0.25, -0.2) is 0 Å². The van der Waals surface area contributed by atoms with E-state index >= 15 is 0 Å². The molecule has 0 aliphatic carbocycles. The molecule has 0 radical (unpaired) electrons. The molecule has 15 heavy (non-hydrogen) atoms. The Hall–Kier alpha value is 0.01000. The monoisotopic (exact) mass is 285 g/mol. The van der Waals surface area contributed by atoms with Crippen molar-refractivity contribution in [2.75, 3.05) is 19.3 Å². The second-order valence-corrected chi connectivity index (χ2v) is 5.67. The van der Waals surface area contributed by atoms with Gasteiger partial charge in [0.2, 0.25) is 0 Å². The first-order chi connectivity index (χ1) is 7.31. The quantitative estimate of drug-likeness (QED) is 0.833. The third-order valence-corrected chi connectivity index (χ3v) is 4.28. The molecule has 0 aromatic heterocycles. The Morgan fingerprint density at radius 2 is 2.07 bits per heavy atom. The second-order valence-electron chi connectivity index (χ2n) is 3.91. The highest BCUT2D eigenvalue weighted by molar-refractivity contribution is 9.10. The van der Waals surface area contributed by atoms with Gasteiger partial charge < -0.3 is 5.32 Å². The number of halogens is 1. The summed E-state index contributed by atoms with van der Waals surface area (Å²) < 4.78 is 1.20. The third kappa shape index (κ3) is 2.77. The fourth-order valence-corrected chi connectivity index (χ4v) is 3.20. The van der Waals surface area contributed by atoms with Crippen molar-refractivity contribution in [1.82, 2.24) is 5.32 Å². The number of rotatable bonds is 2. The molecule has 2 rings (SSSR count). The number of hydrogen-bond donors (Lipinski definition) is 1. The number of hydrogen-bond acceptors (Lipinski definition) is 2. The zero-order valence-corrected chi connectivity index (χ0v) is 11.3. The molecule has 1 saturated heterocycles. The molecule has 1 aromatic rings. The summed E-state index contributed by atoms with van der Waals surface area (Å²) in [7, 11) is 0. The average molecular weight is 286 g/mol. The summed E-state index contributed by atoms with van der Waals surface area (Å²) in [5.74, 6) is 0.742. The summed E-state index contributed by atoms with van der Waals surface area (Å²) in [6, 6.07) is 6.66. The molecule has 1 fully saturated rings. The molecule has 1 nitrogen and oxygen atoms in total. The van der Waals surface area contributed by atoms with Crippen LogP contribution in [0.25, 0.3) is 0 Å². The lowest BCUT2D eigenvalue weighted by molar-refractivity contribution is 0.456. The zero-order chi connectivity index (χ0) is 10.7. The lowest BCUT2D eigenvalue weighted by Crippen LogP contribution is -2.26. The third-order valence-electron chi connectivity index (χ3n) is 2.97. The van der Waals surface area contributed by atoms with Crippen LogP contribution in [0, 0.1) is 0 Å². The zero-order valence-electron chi connectivity index (χ0n) is 8.92. The maximum absolute atomic E-state index is 3.57. The maximum atomic E-state index is 3.57. The molecule has 1 heterocycles. The molecular formula is C12H16BrNS. The van der Waals surface area contributed by atoms with Crippen molar-refractivity contribution in [2.24, 2.45) is 0 Å². The fraction of sp³-hybridized carbons (Fsp3) is 0.500. The van der Waals surface area contributed by atoms with Crippen molar-refractivity contribution < 1.29 is 0 Å². The maximum Gasteiger partial charge on any atom is 0.0178 e. The lowest BCUT2D eigenvalue weighted by Gasteiger charge is -2.24. The van der Waals surface area contributed by atoms with Gasteiger partial charge in [0, 0.05) is 9.37 Å². The van der Waals surface area contributed by atoms with Crippen molar-refractivity contribution >= 4 is 27.7 Å². The summed E-state index contributed by atoms with van der Waals surface area (Å²) in [5.41, 5.74) is 1.53. The number of thioether (sulfide) groups is 1. The van der Waals surface area contributed by atoms with Crippen LogP contribution >= 0.6 is 27.7 Å². The van der Waals surface area contributed by atoms with Crippen LogP contribution in [0.1, 0.15) is 24.3 Å². The van der Waals surface area contributed by atoms with E-state index < -0.39 is 0 Å². The van der Waals surface area contributed by atoms with Gasteiger partial charge >= 0.3 is 0 Å². The molecule has 0 amide bonds. The predicted octanol–water partition coefficient (Wildman–Crippen LogP) is 3.64. The highest BCUT2D eigenvalue weighted by Gasteiger charge is 2.18. The average Bonchev–Trinajstić information content (AvgIpc) is 2.30. The molecule has 1 N–H and O–H groups in total. The van der Waals surface area contributed by atoms with Gasteiger partial charge in [-0.05, 0) is 61.9 Å². The lowest BCUT2D eigenvalue weighted by atomic mass is 9.90. The molecule has 1 aromatic carbocycles. The molecule has 82 valence electrons. The Balaban J connectivity index is 2.27. The van der Waals surface area contributed by atoms with Gasteiger partial charge in [-0.2, -0.15) is 0 Å². The van der Waals surface area contributed by atoms with Crippen LogP contribution in [-0.4, -0.2) is 19.3 Å². The van der Waals surface area contributed by atoms with Crippen LogP contribution in [-0.2, 0) is 0 Å². The summed E-state index contributed by atoms with van der Waals surface area (Å²) in [5, 5.41) is 3.42. The van der Waals surface area contributed by atoms with E-state index in [1.807, 2.05) is 11.8 Å². The molecule has 0 unspecified atom stereocenters. The van der Waals surface area contributed by atoms with E-state index in [1.165, 1.54) is 27.8 Å². The first kappa shape index (κ1) is 11.5. The Morgan fingerprint density at radius 1 is 1.33 bits per heavy atom. The normalized spacial score (nSPS) is 18.0. The first-order valence-corrected chi connectivity index (χ1v) is 7.37. The van der Waals surface area contributed by atoms with Gasteiger partial charge in [-0.3, -0.25) is 0 Å².